The van der Waals surface area contributed by atoms with Gasteiger partial charge in [0.05, 0.1) is 11.7 Å². The maximum atomic E-state index is 4.36. The Balaban J connectivity index is 2.12. The predicted octanol–water partition coefficient (Wildman–Crippen LogP) is 1.78. The van der Waals surface area contributed by atoms with Crippen LogP contribution in [0.3, 0.4) is 0 Å². The van der Waals surface area contributed by atoms with Crippen LogP contribution in [-0.2, 0) is 0 Å². The highest BCUT2D eigenvalue weighted by Crippen LogP contribution is 2.41. The molecule has 76 valence electrons. The summed E-state index contributed by atoms with van der Waals surface area (Å²) in [6, 6.07) is 0.358. The van der Waals surface area contributed by atoms with E-state index < -0.39 is 0 Å². The Hall–Kier alpha value is -0.960. The summed E-state index contributed by atoms with van der Waals surface area (Å²) in [5.41, 5.74) is 1.06. The van der Waals surface area contributed by atoms with Crippen molar-refractivity contribution >= 4 is 0 Å². The molecule has 0 amide bonds. The summed E-state index contributed by atoms with van der Waals surface area (Å²) in [7, 11) is 2.00. The van der Waals surface area contributed by atoms with Gasteiger partial charge in [-0.1, -0.05) is 6.92 Å². The molecule has 1 aliphatic carbocycles. The molecule has 0 aliphatic heterocycles. The number of aromatic nitrogens is 2. The minimum atomic E-state index is 0.358. The molecule has 1 aromatic heterocycles. The lowest BCUT2D eigenvalue weighted by atomic mass is 9.94. The molecular formula is C11H17N3. The molecule has 0 spiro atoms. The lowest BCUT2D eigenvalue weighted by molar-refractivity contribution is 0.361. The van der Waals surface area contributed by atoms with Crippen molar-refractivity contribution < 1.29 is 0 Å². The third-order valence-electron chi connectivity index (χ3n) is 3.10. The molecule has 2 atom stereocenters. The zero-order valence-electron chi connectivity index (χ0n) is 8.77. The second-order valence-corrected chi connectivity index (χ2v) is 4.09. The van der Waals surface area contributed by atoms with Gasteiger partial charge in [0, 0.05) is 18.6 Å². The lowest BCUT2D eigenvalue weighted by Gasteiger charge is -2.22. The van der Waals surface area contributed by atoms with Crippen molar-refractivity contribution in [3.63, 3.8) is 0 Å². The Kier molecular flexibility index (Phi) is 2.77. The van der Waals surface area contributed by atoms with Gasteiger partial charge in [0.25, 0.3) is 0 Å². The quantitative estimate of drug-likeness (QED) is 0.788. The molecular weight excluding hydrogens is 174 g/mol. The number of rotatable bonds is 4. The van der Waals surface area contributed by atoms with Crippen LogP contribution in [0.25, 0.3) is 0 Å². The first kappa shape index (κ1) is 9.59. The van der Waals surface area contributed by atoms with Gasteiger partial charge in [0.15, 0.2) is 0 Å². The summed E-state index contributed by atoms with van der Waals surface area (Å²) in [6.07, 6.45) is 8.09. The van der Waals surface area contributed by atoms with Gasteiger partial charge in [-0.3, -0.25) is 9.97 Å². The predicted molar refractivity (Wildman–Crippen MR) is 55.7 cm³/mol. The van der Waals surface area contributed by atoms with Gasteiger partial charge in [-0.05, 0) is 31.7 Å². The summed E-state index contributed by atoms with van der Waals surface area (Å²) in [5.74, 6) is 1.55. The highest BCUT2D eigenvalue weighted by atomic mass is 14.9. The van der Waals surface area contributed by atoms with Gasteiger partial charge in [0.2, 0.25) is 0 Å². The van der Waals surface area contributed by atoms with Gasteiger partial charge in [-0.25, -0.2) is 0 Å². The van der Waals surface area contributed by atoms with E-state index in [9.17, 15) is 0 Å². The number of nitrogens with zero attached hydrogens (tertiary/aromatic N) is 2. The van der Waals surface area contributed by atoms with Crippen LogP contribution in [0, 0.1) is 11.8 Å². The lowest BCUT2D eigenvalue weighted by Crippen LogP contribution is -2.25. The normalized spacial score (nSPS) is 20.4. The van der Waals surface area contributed by atoms with E-state index >= 15 is 0 Å². The van der Waals surface area contributed by atoms with Crippen LogP contribution in [0.1, 0.15) is 31.5 Å². The van der Waals surface area contributed by atoms with E-state index in [4.69, 9.17) is 0 Å². The van der Waals surface area contributed by atoms with E-state index in [1.165, 1.54) is 12.8 Å². The van der Waals surface area contributed by atoms with Crippen molar-refractivity contribution in [3.8, 4) is 0 Å². The van der Waals surface area contributed by atoms with Gasteiger partial charge in [-0.2, -0.15) is 0 Å². The standard InChI is InChI=1S/C11H17N3/c1-8(9-3-4-9)11(12-2)10-7-13-5-6-14-10/h5-9,11-12H,3-4H2,1-2H3. The molecule has 1 aromatic rings. The first-order chi connectivity index (χ1) is 6.83. The SMILES string of the molecule is CNC(c1cnccn1)C(C)C1CC1. The zero-order valence-corrected chi connectivity index (χ0v) is 8.77. The van der Waals surface area contributed by atoms with E-state index in [1.54, 1.807) is 12.4 Å². The van der Waals surface area contributed by atoms with Gasteiger partial charge in [0.1, 0.15) is 0 Å². The fraction of sp³-hybridized carbons (Fsp3) is 0.636. The molecule has 0 saturated heterocycles. The Morgan fingerprint density at radius 2 is 2.21 bits per heavy atom. The van der Waals surface area contributed by atoms with E-state index in [2.05, 4.69) is 22.2 Å². The molecule has 2 unspecified atom stereocenters. The fourth-order valence-corrected chi connectivity index (χ4v) is 2.05. The molecule has 1 aliphatic rings. The van der Waals surface area contributed by atoms with Crippen LogP contribution in [0.4, 0.5) is 0 Å². The topological polar surface area (TPSA) is 37.8 Å². The third kappa shape index (κ3) is 1.93. The third-order valence-corrected chi connectivity index (χ3v) is 3.10. The van der Waals surface area contributed by atoms with Crippen LogP contribution in [-0.4, -0.2) is 17.0 Å². The van der Waals surface area contributed by atoms with E-state index in [-0.39, 0.29) is 0 Å². The van der Waals surface area contributed by atoms with Crippen molar-refractivity contribution in [1.82, 2.24) is 15.3 Å². The Morgan fingerprint density at radius 3 is 2.71 bits per heavy atom. The van der Waals surface area contributed by atoms with Crippen LogP contribution in [0.15, 0.2) is 18.6 Å². The van der Waals surface area contributed by atoms with Gasteiger partial charge in [-0.15, -0.1) is 0 Å². The van der Waals surface area contributed by atoms with Crippen molar-refractivity contribution in [2.24, 2.45) is 11.8 Å². The molecule has 1 saturated carbocycles. The second-order valence-electron chi connectivity index (χ2n) is 4.09. The minimum Gasteiger partial charge on any atom is -0.311 e. The summed E-state index contributed by atoms with van der Waals surface area (Å²) in [6.45, 7) is 2.30. The highest BCUT2D eigenvalue weighted by molar-refractivity contribution is 5.05. The summed E-state index contributed by atoms with van der Waals surface area (Å²) < 4.78 is 0. The minimum absolute atomic E-state index is 0.358. The Bertz CT molecular complexity index is 282. The van der Waals surface area contributed by atoms with E-state index in [0.717, 1.165) is 11.6 Å². The van der Waals surface area contributed by atoms with Crippen LogP contribution in [0.5, 0.6) is 0 Å². The molecule has 0 bridgehead atoms. The molecule has 3 nitrogen and oxygen atoms in total. The number of hydrogen-bond donors (Lipinski definition) is 1. The van der Waals surface area contributed by atoms with Gasteiger partial charge < -0.3 is 5.32 Å². The molecule has 0 radical (unpaired) electrons. The second kappa shape index (κ2) is 4.05. The highest BCUT2D eigenvalue weighted by Gasteiger charge is 2.33. The van der Waals surface area contributed by atoms with Crippen molar-refractivity contribution in [1.29, 1.82) is 0 Å². The van der Waals surface area contributed by atoms with Crippen molar-refractivity contribution in [2.45, 2.75) is 25.8 Å². The van der Waals surface area contributed by atoms with Crippen LogP contribution >= 0.6 is 0 Å². The largest absolute Gasteiger partial charge is 0.311 e. The summed E-state index contributed by atoms with van der Waals surface area (Å²) in [5, 5.41) is 3.34. The van der Waals surface area contributed by atoms with Crippen molar-refractivity contribution in [3.05, 3.63) is 24.3 Å². The molecule has 2 rings (SSSR count). The molecule has 1 N–H and O–H groups in total. The number of hydrogen-bond acceptors (Lipinski definition) is 3. The Morgan fingerprint density at radius 1 is 1.43 bits per heavy atom. The monoisotopic (exact) mass is 191 g/mol. The molecule has 1 fully saturated rings. The van der Waals surface area contributed by atoms with Crippen LogP contribution < -0.4 is 5.32 Å². The zero-order chi connectivity index (χ0) is 9.97. The maximum absolute atomic E-state index is 4.36. The smallest absolute Gasteiger partial charge is 0.0758 e. The average Bonchev–Trinajstić information content (AvgIpc) is 3.03. The first-order valence-corrected chi connectivity index (χ1v) is 5.26. The molecule has 3 heteroatoms. The molecule has 0 aromatic carbocycles. The fourth-order valence-electron chi connectivity index (χ4n) is 2.05. The van der Waals surface area contributed by atoms with Crippen LogP contribution in [0.2, 0.25) is 0 Å². The summed E-state index contributed by atoms with van der Waals surface area (Å²) >= 11 is 0. The molecule has 1 heterocycles. The maximum Gasteiger partial charge on any atom is 0.0758 e. The Labute approximate surface area is 85.0 Å². The number of nitrogens with one attached hydrogen (secondary N) is 1. The average molecular weight is 191 g/mol. The van der Waals surface area contributed by atoms with E-state index in [1.807, 2.05) is 13.2 Å². The van der Waals surface area contributed by atoms with E-state index in [0.29, 0.717) is 12.0 Å². The first-order valence-electron chi connectivity index (χ1n) is 5.26. The summed E-state index contributed by atoms with van der Waals surface area (Å²) in [4.78, 5) is 8.47. The van der Waals surface area contributed by atoms with Gasteiger partial charge >= 0.3 is 0 Å². The van der Waals surface area contributed by atoms with Crippen molar-refractivity contribution in [2.75, 3.05) is 7.05 Å². The molecule has 14 heavy (non-hydrogen) atoms.